The van der Waals surface area contributed by atoms with Crippen LogP contribution in [0.2, 0.25) is 0 Å². The fourth-order valence-corrected chi connectivity index (χ4v) is 3.67. The van der Waals surface area contributed by atoms with Crippen molar-refractivity contribution in [2.24, 2.45) is 11.8 Å². The lowest BCUT2D eigenvalue weighted by atomic mass is 10.1. The van der Waals surface area contributed by atoms with Crippen LogP contribution in [0.1, 0.15) is 40.5 Å². The van der Waals surface area contributed by atoms with E-state index in [1.54, 1.807) is 0 Å². The minimum Gasteiger partial charge on any atom is -0.377 e. The van der Waals surface area contributed by atoms with E-state index in [1.165, 1.54) is 19.6 Å². The van der Waals surface area contributed by atoms with Gasteiger partial charge in [0.15, 0.2) is 0 Å². The van der Waals surface area contributed by atoms with Crippen LogP contribution in [0.3, 0.4) is 0 Å². The maximum atomic E-state index is 12.0. The summed E-state index contributed by atoms with van der Waals surface area (Å²) in [6.07, 6.45) is 2.31. The minimum absolute atomic E-state index is 0.108. The molecule has 0 aromatic heterocycles. The van der Waals surface area contributed by atoms with Gasteiger partial charge in [0.25, 0.3) is 0 Å². The SMILES string of the molecule is CC(C)CN1CCN(CCOC2CCN(C(=O)C(C)C)CC2)CC1. The Morgan fingerprint density at radius 3 is 2.08 bits per heavy atom. The summed E-state index contributed by atoms with van der Waals surface area (Å²) in [6, 6.07) is 0. The van der Waals surface area contributed by atoms with Crippen LogP contribution in [0, 0.1) is 11.8 Å². The highest BCUT2D eigenvalue weighted by Gasteiger charge is 2.25. The monoisotopic (exact) mass is 339 g/mol. The number of hydrogen-bond acceptors (Lipinski definition) is 4. The van der Waals surface area contributed by atoms with Crippen LogP contribution >= 0.6 is 0 Å². The molecule has 0 aromatic carbocycles. The van der Waals surface area contributed by atoms with Crippen molar-refractivity contribution in [2.45, 2.75) is 46.6 Å². The first kappa shape index (κ1) is 19.7. The highest BCUT2D eigenvalue weighted by molar-refractivity contribution is 5.78. The van der Waals surface area contributed by atoms with Crippen LogP contribution < -0.4 is 0 Å². The normalized spacial score (nSPS) is 21.8. The number of carbonyl (C=O) groups is 1. The molecule has 0 spiro atoms. The zero-order chi connectivity index (χ0) is 17.5. The van der Waals surface area contributed by atoms with Gasteiger partial charge < -0.3 is 14.5 Å². The summed E-state index contributed by atoms with van der Waals surface area (Å²) in [6.45, 7) is 18.0. The Hall–Kier alpha value is -0.650. The highest BCUT2D eigenvalue weighted by Crippen LogP contribution is 2.16. The molecule has 140 valence electrons. The Morgan fingerprint density at radius 2 is 1.54 bits per heavy atom. The van der Waals surface area contributed by atoms with Gasteiger partial charge in [-0.1, -0.05) is 27.7 Å². The van der Waals surface area contributed by atoms with Crippen molar-refractivity contribution in [3.05, 3.63) is 0 Å². The molecule has 5 nitrogen and oxygen atoms in total. The molecule has 0 radical (unpaired) electrons. The number of likely N-dealkylation sites (tertiary alicyclic amines) is 1. The predicted octanol–water partition coefficient (Wildman–Crippen LogP) is 1.92. The number of piperidine rings is 1. The number of ether oxygens (including phenoxy) is 1. The van der Waals surface area contributed by atoms with Crippen molar-refractivity contribution in [1.82, 2.24) is 14.7 Å². The van der Waals surface area contributed by atoms with E-state index in [9.17, 15) is 4.79 Å². The third-order valence-corrected chi connectivity index (χ3v) is 5.10. The molecule has 0 N–H and O–H groups in total. The first-order valence-electron chi connectivity index (χ1n) is 9.80. The maximum Gasteiger partial charge on any atom is 0.225 e. The highest BCUT2D eigenvalue weighted by atomic mass is 16.5. The van der Waals surface area contributed by atoms with Gasteiger partial charge in [0, 0.05) is 58.3 Å². The molecule has 2 saturated heterocycles. The van der Waals surface area contributed by atoms with E-state index in [-0.39, 0.29) is 11.8 Å². The summed E-state index contributed by atoms with van der Waals surface area (Å²) >= 11 is 0. The molecule has 0 unspecified atom stereocenters. The van der Waals surface area contributed by atoms with Gasteiger partial charge in [0.2, 0.25) is 5.91 Å². The molecule has 1 amide bonds. The summed E-state index contributed by atoms with van der Waals surface area (Å²) in [5, 5.41) is 0. The summed E-state index contributed by atoms with van der Waals surface area (Å²) in [5.41, 5.74) is 0. The number of hydrogen-bond donors (Lipinski definition) is 0. The second kappa shape index (κ2) is 9.73. The van der Waals surface area contributed by atoms with E-state index >= 15 is 0 Å². The largest absolute Gasteiger partial charge is 0.377 e. The lowest BCUT2D eigenvalue weighted by Gasteiger charge is -2.36. The molecule has 2 heterocycles. The molecule has 2 fully saturated rings. The fraction of sp³-hybridized carbons (Fsp3) is 0.947. The molecule has 2 rings (SSSR count). The lowest BCUT2D eigenvalue weighted by Crippen LogP contribution is -2.48. The van der Waals surface area contributed by atoms with Crippen LogP contribution in [0.4, 0.5) is 0 Å². The van der Waals surface area contributed by atoms with Crippen LogP contribution in [-0.4, -0.2) is 85.7 Å². The molecule has 2 aliphatic heterocycles. The molecular weight excluding hydrogens is 302 g/mol. The average Bonchev–Trinajstić information content (AvgIpc) is 2.56. The van der Waals surface area contributed by atoms with Crippen molar-refractivity contribution in [3.63, 3.8) is 0 Å². The molecular formula is C19H37N3O2. The van der Waals surface area contributed by atoms with E-state index in [2.05, 4.69) is 23.6 Å². The maximum absolute atomic E-state index is 12.0. The van der Waals surface area contributed by atoms with E-state index in [1.807, 2.05) is 18.7 Å². The molecule has 0 atom stereocenters. The average molecular weight is 340 g/mol. The smallest absolute Gasteiger partial charge is 0.225 e. The lowest BCUT2D eigenvalue weighted by molar-refractivity contribution is -0.137. The standard InChI is InChI=1S/C19H37N3O2/c1-16(2)15-21-11-9-20(10-12-21)13-14-24-18-5-7-22(8-6-18)19(23)17(3)4/h16-18H,5-15H2,1-4H3. The number of amides is 1. The molecule has 24 heavy (non-hydrogen) atoms. The molecule has 0 bridgehead atoms. The summed E-state index contributed by atoms with van der Waals surface area (Å²) in [7, 11) is 0. The Balaban J connectivity index is 1.55. The van der Waals surface area contributed by atoms with Gasteiger partial charge in [-0.2, -0.15) is 0 Å². The van der Waals surface area contributed by atoms with Gasteiger partial charge in [-0.15, -0.1) is 0 Å². The zero-order valence-electron chi connectivity index (χ0n) is 16.2. The summed E-state index contributed by atoms with van der Waals surface area (Å²) in [5.74, 6) is 1.15. The first-order valence-corrected chi connectivity index (χ1v) is 9.80. The van der Waals surface area contributed by atoms with Crippen LogP contribution in [-0.2, 0) is 9.53 Å². The van der Waals surface area contributed by atoms with E-state index in [4.69, 9.17) is 4.74 Å². The van der Waals surface area contributed by atoms with Crippen molar-refractivity contribution in [1.29, 1.82) is 0 Å². The number of rotatable bonds is 7. The Morgan fingerprint density at radius 1 is 0.958 bits per heavy atom. The Labute approximate surface area is 148 Å². The topological polar surface area (TPSA) is 36.0 Å². The first-order chi connectivity index (χ1) is 11.5. The van der Waals surface area contributed by atoms with Crippen molar-refractivity contribution in [2.75, 3.05) is 59.0 Å². The van der Waals surface area contributed by atoms with Crippen LogP contribution in [0.15, 0.2) is 0 Å². The second-order valence-corrected chi connectivity index (χ2v) is 8.09. The quantitative estimate of drug-likeness (QED) is 0.710. The molecule has 0 aromatic rings. The van der Waals surface area contributed by atoms with Gasteiger partial charge in [0.05, 0.1) is 12.7 Å². The zero-order valence-corrected chi connectivity index (χ0v) is 16.2. The third-order valence-electron chi connectivity index (χ3n) is 5.10. The molecule has 0 aliphatic carbocycles. The molecule has 0 saturated carbocycles. The minimum atomic E-state index is 0.108. The van der Waals surface area contributed by atoms with Crippen molar-refractivity contribution < 1.29 is 9.53 Å². The second-order valence-electron chi connectivity index (χ2n) is 8.09. The van der Waals surface area contributed by atoms with Gasteiger partial charge in [-0.25, -0.2) is 0 Å². The summed E-state index contributed by atoms with van der Waals surface area (Å²) < 4.78 is 6.07. The summed E-state index contributed by atoms with van der Waals surface area (Å²) in [4.78, 5) is 19.1. The molecule has 5 heteroatoms. The van der Waals surface area contributed by atoms with Crippen LogP contribution in [0.25, 0.3) is 0 Å². The number of piperazine rings is 1. The van der Waals surface area contributed by atoms with E-state index in [0.717, 1.165) is 58.1 Å². The number of nitrogens with zero attached hydrogens (tertiary/aromatic N) is 3. The van der Waals surface area contributed by atoms with E-state index in [0.29, 0.717) is 6.10 Å². The predicted molar refractivity (Wildman–Crippen MR) is 98.1 cm³/mol. The Kier molecular flexibility index (Phi) is 7.98. The number of carbonyl (C=O) groups excluding carboxylic acids is 1. The molecule has 2 aliphatic rings. The Bertz CT molecular complexity index is 371. The van der Waals surface area contributed by atoms with Crippen molar-refractivity contribution >= 4 is 5.91 Å². The van der Waals surface area contributed by atoms with Gasteiger partial charge >= 0.3 is 0 Å². The third kappa shape index (κ3) is 6.34. The van der Waals surface area contributed by atoms with Gasteiger partial charge in [0.1, 0.15) is 0 Å². The van der Waals surface area contributed by atoms with E-state index < -0.39 is 0 Å². The van der Waals surface area contributed by atoms with Gasteiger partial charge in [-0.3, -0.25) is 9.69 Å². The van der Waals surface area contributed by atoms with Gasteiger partial charge in [-0.05, 0) is 18.8 Å². The fourth-order valence-electron chi connectivity index (χ4n) is 3.67. The van der Waals surface area contributed by atoms with Crippen LogP contribution in [0.5, 0.6) is 0 Å². The van der Waals surface area contributed by atoms with Crippen molar-refractivity contribution in [3.8, 4) is 0 Å².